The molecular weight excluding hydrogens is 310 g/mol. The number of nitrogens with zero attached hydrogens (tertiary/aromatic N) is 1. The molecule has 0 heterocycles. The van der Waals surface area contributed by atoms with Gasteiger partial charge in [0.1, 0.15) is 5.75 Å². The van der Waals surface area contributed by atoms with Crippen LogP contribution in [0.3, 0.4) is 0 Å². The van der Waals surface area contributed by atoms with Crippen LogP contribution in [-0.2, 0) is 4.79 Å². The molecule has 0 radical (unpaired) electrons. The van der Waals surface area contributed by atoms with Crippen molar-refractivity contribution in [3.05, 3.63) is 28.2 Å². The SMILES string of the molecule is CC(O)c1cc(Br)ccc1OCCCC(=O)N(C)C. The van der Waals surface area contributed by atoms with Crippen LogP contribution >= 0.6 is 15.9 Å². The number of hydrogen-bond acceptors (Lipinski definition) is 3. The van der Waals surface area contributed by atoms with Crippen molar-refractivity contribution in [3.63, 3.8) is 0 Å². The number of carbonyl (C=O) groups is 1. The Morgan fingerprint density at radius 2 is 2.16 bits per heavy atom. The third kappa shape index (κ3) is 5.20. The Hall–Kier alpha value is -1.07. The van der Waals surface area contributed by atoms with E-state index in [0.29, 0.717) is 25.2 Å². The van der Waals surface area contributed by atoms with E-state index in [1.807, 2.05) is 18.2 Å². The highest BCUT2D eigenvalue weighted by atomic mass is 79.9. The summed E-state index contributed by atoms with van der Waals surface area (Å²) in [7, 11) is 3.48. The van der Waals surface area contributed by atoms with Crippen LogP contribution in [0, 0.1) is 0 Å². The second-order valence-electron chi connectivity index (χ2n) is 4.60. The van der Waals surface area contributed by atoms with Gasteiger partial charge in [0.25, 0.3) is 0 Å². The van der Waals surface area contributed by atoms with E-state index in [2.05, 4.69) is 15.9 Å². The number of hydrogen-bond donors (Lipinski definition) is 1. The Labute approximate surface area is 122 Å². The first-order valence-electron chi connectivity index (χ1n) is 6.22. The molecule has 0 spiro atoms. The maximum absolute atomic E-state index is 11.4. The highest BCUT2D eigenvalue weighted by Gasteiger charge is 2.10. The van der Waals surface area contributed by atoms with Gasteiger partial charge < -0.3 is 14.7 Å². The van der Waals surface area contributed by atoms with Gasteiger partial charge in [-0.1, -0.05) is 15.9 Å². The Morgan fingerprint density at radius 3 is 2.74 bits per heavy atom. The summed E-state index contributed by atoms with van der Waals surface area (Å²) in [4.78, 5) is 13.0. The fourth-order valence-electron chi connectivity index (χ4n) is 1.61. The van der Waals surface area contributed by atoms with Crippen molar-refractivity contribution < 1.29 is 14.6 Å². The third-order valence-corrected chi connectivity index (χ3v) is 3.21. The summed E-state index contributed by atoms with van der Waals surface area (Å²) in [5, 5.41) is 9.68. The third-order valence-electron chi connectivity index (χ3n) is 2.71. The van der Waals surface area contributed by atoms with E-state index < -0.39 is 6.10 Å². The topological polar surface area (TPSA) is 49.8 Å². The largest absolute Gasteiger partial charge is 0.493 e. The Bertz CT molecular complexity index is 433. The molecule has 1 N–H and O–H groups in total. The molecule has 0 fully saturated rings. The van der Waals surface area contributed by atoms with Crippen LogP contribution in [0.15, 0.2) is 22.7 Å². The van der Waals surface area contributed by atoms with E-state index in [1.165, 1.54) is 0 Å². The number of benzene rings is 1. The lowest BCUT2D eigenvalue weighted by Crippen LogP contribution is -2.21. The van der Waals surface area contributed by atoms with Crippen molar-refractivity contribution in [2.45, 2.75) is 25.9 Å². The molecule has 0 aromatic heterocycles. The lowest BCUT2D eigenvalue weighted by atomic mass is 10.1. The van der Waals surface area contributed by atoms with E-state index >= 15 is 0 Å². The van der Waals surface area contributed by atoms with Crippen LogP contribution in [0.2, 0.25) is 0 Å². The molecule has 106 valence electrons. The molecule has 1 atom stereocenters. The minimum atomic E-state index is -0.587. The molecule has 1 aromatic rings. The zero-order chi connectivity index (χ0) is 14.4. The van der Waals surface area contributed by atoms with Gasteiger partial charge in [-0.2, -0.15) is 0 Å². The first-order valence-corrected chi connectivity index (χ1v) is 7.01. The van der Waals surface area contributed by atoms with Crippen molar-refractivity contribution in [1.82, 2.24) is 4.90 Å². The average molecular weight is 330 g/mol. The molecule has 1 rings (SSSR count). The van der Waals surface area contributed by atoms with Gasteiger partial charge in [0, 0.05) is 30.6 Å². The number of aliphatic hydroxyl groups excluding tert-OH is 1. The van der Waals surface area contributed by atoms with Crippen molar-refractivity contribution in [2.75, 3.05) is 20.7 Å². The van der Waals surface area contributed by atoms with E-state index in [4.69, 9.17) is 4.74 Å². The van der Waals surface area contributed by atoms with Crippen LogP contribution in [-0.4, -0.2) is 36.6 Å². The maximum Gasteiger partial charge on any atom is 0.222 e. The van der Waals surface area contributed by atoms with Gasteiger partial charge in [-0.25, -0.2) is 0 Å². The van der Waals surface area contributed by atoms with Gasteiger partial charge in [0.05, 0.1) is 12.7 Å². The summed E-state index contributed by atoms with van der Waals surface area (Å²) in [5.74, 6) is 0.755. The second-order valence-corrected chi connectivity index (χ2v) is 5.51. The van der Waals surface area contributed by atoms with Crippen LogP contribution in [0.5, 0.6) is 5.75 Å². The average Bonchev–Trinajstić information content (AvgIpc) is 2.35. The Balaban J connectivity index is 2.52. The fraction of sp³-hybridized carbons (Fsp3) is 0.500. The van der Waals surface area contributed by atoms with Crippen molar-refractivity contribution in [2.24, 2.45) is 0 Å². The van der Waals surface area contributed by atoms with Crippen LogP contribution in [0.25, 0.3) is 0 Å². The minimum absolute atomic E-state index is 0.0927. The van der Waals surface area contributed by atoms with Crippen molar-refractivity contribution in [3.8, 4) is 5.75 Å². The molecule has 0 saturated carbocycles. The summed E-state index contributed by atoms with van der Waals surface area (Å²) >= 11 is 3.36. The van der Waals surface area contributed by atoms with E-state index in [1.54, 1.807) is 25.9 Å². The minimum Gasteiger partial charge on any atom is -0.493 e. The van der Waals surface area contributed by atoms with Gasteiger partial charge in [-0.3, -0.25) is 4.79 Å². The zero-order valence-electron chi connectivity index (χ0n) is 11.5. The summed E-state index contributed by atoms with van der Waals surface area (Å²) in [6.45, 7) is 2.16. The van der Waals surface area contributed by atoms with Gasteiger partial charge in [-0.05, 0) is 31.5 Å². The Kier molecular flexibility index (Phi) is 6.31. The molecule has 0 aliphatic heterocycles. The van der Waals surface area contributed by atoms with E-state index in [9.17, 15) is 9.90 Å². The highest BCUT2D eigenvalue weighted by molar-refractivity contribution is 9.10. The molecule has 1 aromatic carbocycles. The van der Waals surface area contributed by atoms with Crippen LogP contribution in [0.4, 0.5) is 0 Å². The normalized spacial score (nSPS) is 12.1. The molecule has 0 saturated heterocycles. The van der Waals surface area contributed by atoms with Gasteiger partial charge in [0.2, 0.25) is 5.91 Å². The quantitative estimate of drug-likeness (QED) is 0.816. The smallest absolute Gasteiger partial charge is 0.222 e. The molecule has 4 nitrogen and oxygen atoms in total. The summed E-state index contributed by atoms with van der Waals surface area (Å²) in [6.07, 6.45) is 0.538. The highest BCUT2D eigenvalue weighted by Crippen LogP contribution is 2.28. The summed E-state index contributed by atoms with van der Waals surface area (Å²) in [5.41, 5.74) is 0.744. The standard InChI is InChI=1S/C14H20BrNO3/c1-10(17)12-9-11(15)6-7-13(12)19-8-4-5-14(18)16(2)3/h6-7,9-10,17H,4-5,8H2,1-3H3. The number of rotatable bonds is 6. The lowest BCUT2D eigenvalue weighted by molar-refractivity contribution is -0.128. The first-order chi connectivity index (χ1) is 8.91. The lowest BCUT2D eigenvalue weighted by Gasteiger charge is -2.14. The monoisotopic (exact) mass is 329 g/mol. The molecule has 1 unspecified atom stereocenters. The van der Waals surface area contributed by atoms with Crippen LogP contribution < -0.4 is 4.74 Å². The number of amides is 1. The predicted molar refractivity (Wildman–Crippen MR) is 78.2 cm³/mol. The Morgan fingerprint density at radius 1 is 1.47 bits per heavy atom. The molecule has 1 amide bonds. The van der Waals surface area contributed by atoms with Gasteiger partial charge >= 0.3 is 0 Å². The van der Waals surface area contributed by atoms with Gasteiger partial charge in [0.15, 0.2) is 0 Å². The van der Waals surface area contributed by atoms with E-state index in [0.717, 1.165) is 10.0 Å². The van der Waals surface area contributed by atoms with E-state index in [-0.39, 0.29) is 5.91 Å². The summed E-state index contributed by atoms with van der Waals surface area (Å²) in [6, 6.07) is 5.52. The zero-order valence-corrected chi connectivity index (χ0v) is 13.1. The molecule has 0 aliphatic rings. The number of aliphatic hydroxyl groups is 1. The molecule has 0 bridgehead atoms. The molecule has 0 aliphatic carbocycles. The molecule has 19 heavy (non-hydrogen) atoms. The predicted octanol–water partition coefficient (Wildman–Crippen LogP) is 2.75. The van der Waals surface area contributed by atoms with Gasteiger partial charge in [-0.15, -0.1) is 0 Å². The fourth-order valence-corrected chi connectivity index (χ4v) is 1.99. The first kappa shape index (κ1) is 16.0. The van der Waals surface area contributed by atoms with Crippen molar-refractivity contribution >= 4 is 21.8 Å². The number of halogens is 1. The molecule has 5 heteroatoms. The van der Waals surface area contributed by atoms with Crippen LogP contribution in [0.1, 0.15) is 31.4 Å². The van der Waals surface area contributed by atoms with Crippen molar-refractivity contribution in [1.29, 1.82) is 0 Å². The summed E-state index contributed by atoms with van der Waals surface area (Å²) < 4.78 is 6.53. The number of carbonyl (C=O) groups excluding carboxylic acids is 1. The maximum atomic E-state index is 11.4. The number of ether oxygens (including phenoxy) is 1. The second kappa shape index (κ2) is 7.50. The molecular formula is C14H20BrNO3.